The molecule has 0 aliphatic heterocycles. The van der Waals surface area contributed by atoms with Gasteiger partial charge in [-0.3, -0.25) is 14.5 Å². The number of esters is 1. The average Bonchev–Trinajstić information content (AvgIpc) is 3.33. The maximum absolute atomic E-state index is 13.6. The predicted octanol–water partition coefficient (Wildman–Crippen LogP) is 3.38. The van der Waals surface area contributed by atoms with Gasteiger partial charge in [-0.05, 0) is 65.1 Å². The molecule has 0 saturated carbocycles. The van der Waals surface area contributed by atoms with Gasteiger partial charge in [0.15, 0.2) is 5.82 Å². The highest BCUT2D eigenvalue weighted by Gasteiger charge is 2.27. The van der Waals surface area contributed by atoms with Crippen molar-refractivity contribution in [2.24, 2.45) is 0 Å². The molecular formula is C26H29FN6O4. The molecule has 0 fully saturated rings. The smallest absolute Gasteiger partial charge is 0.327 e. The zero-order chi connectivity index (χ0) is 26.4. The number of aromatic amines is 1. The number of fused-ring (bicyclic) bond motifs is 1. The number of benzene rings is 2. The van der Waals surface area contributed by atoms with Gasteiger partial charge in [0, 0.05) is 24.7 Å². The number of H-pyrrole nitrogens is 1. The molecule has 0 amide bonds. The molecule has 194 valence electrons. The van der Waals surface area contributed by atoms with Crippen LogP contribution in [0.4, 0.5) is 4.39 Å². The number of ether oxygens (including phenoxy) is 2. The van der Waals surface area contributed by atoms with E-state index in [9.17, 15) is 14.0 Å². The first-order chi connectivity index (χ1) is 17.9. The number of carbonyl (C=O) groups excluding carboxylic acids is 1. The van der Waals surface area contributed by atoms with Crippen LogP contribution in [0.25, 0.3) is 10.9 Å². The Labute approximate surface area is 213 Å². The second-order valence-electron chi connectivity index (χ2n) is 8.53. The van der Waals surface area contributed by atoms with Crippen molar-refractivity contribution in [3.8, 4) is 5.75 Å². The number of pyridine rings is 1. The fourth-order valence-corrected chi connectivity index (χ4v) is 4.29. The maximum atomic E-state index is 13.6. The van der Waals surface area contributed by atoms with E-state index in [0.29, 0.717) is 35.6 Å². The lowest BCUT2D eigenvalue weighted by molar-refractivity contribution is -0.144. The largest absolute Gasteiger partial charge is 0.497 e. The number of rotatable bonds is 11. The molecule has 0 radical (unpaired) electrons. The summed E-state index contributed by atoms with van der Waals surface area (Å²) in [7, 11) is 1.57. The van der Waals surface area contributed by atoms with Gasteiger partial charge < -0.3 is 14.5 Å². The standard InChI is InChI=1S/C26H29FN6O4/c1-4-23(25-29-30-31-33(25)16-24(34)37-5-2)32(14-17-6-9-20(27)10-7-17)15-19-12-18-8-11-21(36-3)13-22(18)28-26(19)35/h6-13,23H,4-5,14-16H2,1-3H3,(H,28,35). The molecule has 2 aromatic carbocycles. The topological polar surface area (TPSA) is 115 Å². The minimum absolute atomic E-state index is 0.130. The van der Waals surface area contributed by atoms with Gasteiger partial charge in [-0.1, -0.05) is 19.1 Å². The lowest BCUT2D eigenvalue weighted by Gasteiger charge is -2.30. The van der Waals surface area contributed by atoms with Crippen LogP contribution in [0.15, 0.2) is 53.3 Å². The van der Waals surface area contributed by atoms with Crippen molar-refractivity contribution in [3.05, 3.63) is 81.7 Å². The van der Waals surface area contributed by atoms with E-state index in [1.54, 1.807) is 32.2 Å². The second kappa shape index (κ2) is 11.7. The summed E-state index contributed by atoms with van der Waals surface area (Å²) in [5.74, 6) is 0.340. The van der Waals surface area contributed by atoms with E-state index in [0.717, 1.165) is 10.9 Å². The molecule has 11 heteroatoms. The normalized spacial score (nSPS) is 12.1. The number of hydrogen-bond acceptors (Lipinski definition) is 8. The first-order valence-corrected chi connectivity index (χ1v) is 12.0. The van der Waals surface area contributed by atoms with Gasteiger partial charge in [0.25, 0.3) is 5.56 Å². The SMILES string of the molecule is CCOC(=O)Cn1nnnc1C(CC)N(Cc1ccc(F)cc1)Cc1cc2ccc(OC)cc2[nH]c1=O. The lowest BCUT2D eigenvalue weighted by atomic mass is 10.1. The van der Waals surface area contributed by atoms with Gasteiger partial charge in [-0.25, -0.2) is 9.07 Å². The quantitative estimate of drug-likeness (QED) is 0.307. The number of tetrazole rings is 1. The van der Waals surface area contributed by atoms with Crippen molar-refractivity contribution in [3.63, 3.8) is 0 Å². The van der Waals surface area contributed by atoms with E-state index in [1.807, 2.05) is 30.0 Å². The van der Waals surface area contributed by atoms with Gasteiger partial charge in [0.2, 0.25) is 0 Å². The van der Waals surface area contributed by atoms with Crippen LogP contribution in [0.3, 0.4) is 0 Å². The van der Waals surface area contributed by atoms with Gasteiger partial charge >= 0.3 is 5.97 Å². The van der Waals surface area contributed by atoms with E-state index in [-0.39, 0.29) is 37.1 Å². The molecule has 37 heavy (non-hydrogen) atoms. The van der Waals surface area contributed by atoms with E-state index < -0.39 is 5.97 Å². The van der Waals surface area contributed by atoms with Crippen LogP contribution < -0.4 is 10.3 Å². The van der Waals surface area contributed by atoms with Crippen LogP contribution in [0.2, 0.25) is 0 Å². The number of carbonyl (C=O) groups is 1. The number of hydrogen-bond donors (Lipinski definition) is 1. The molecule has 0 bridgehead atoms. The Kier molecular flexibility index (Phi) is 8.24. The molecule has 0 saturated heterocycles. The number of aromatic nitrogens is 5. The summed E-state index contributed by atoms with van der Waals surface area (Å²) in [4.78, 5) is 30.2. The summed E-state index contributed by atoms with van der Waals surface area (Å²) in [6.45, 7) is 4.48. The Hall–Kier alpha value is -4.12. The molecule has 1 unspecified atom stereocenters. The molecule has 4 aromatic rings. The average molecular weight is 509 g/mol. The first-order valence-electron chi connectivity index (χ1n) is 12.0. The van der Waals surface area contributed by atoms with E-state index >= 15 is 0 Å². The molecule has 10 nitrogen and oxygen atoms in total. The Morgan fingerprint density at radius 3 is 2.62 bits per heavy atom. The summed E-state index contributed by atoms with van der Waals surface area (Å²) in [5, 5.41) is 12.8. The van der Waals surface area contributed by atoms with Gasteiger partial charge in [0.1, 0.15) is 18.1 Å². The Morgan fingerprint density at radius 1 is 1.14 bits per heavy atom. The molecule has 2 heterocycles. The lowest BCUT2D eigenvalue weighted by Crippen LogP contribution is -2.33. The summed E-state index contributed by atoms with van der Waals surface area (Å²) in [5.41, 5.74) is 1.84. The molecule has 0 spiro atoms. The van der Waals surface area contributed by atoms with Crippen molar-refractivity contribution < 1.29 is 18.7 Å². The molecule has 0 aliphatic carbocycles. The van der Waals surface area contributed by atoms with Crippen LogP contribution in [0.1, 0.15) is 43.3 Å². The second-order valence-corrected chi connectivity index (χ2v) is 8.53. The number of halogens is 1. The van der Waals surface area contributed by atoms with Crippen LogP contribution in [-0.2, 0) is 29.2 Å². The van der Waals surface area contributed by atoms with Crippen LogP contribution in [0.5, 0.6) is 5.75 Å². The van der Waals surface area contributed by atoms with Crippen molar-refractivity contribution in [2.45, 2.75) is 45.9 Å². The molecule has 1 atom stereocenters. The van der Waals surface area contributed by atoms with Crippen LogP contribution >= 0.6 is 0 Å². The predicted molar refractivity (Wildman–Crippen MR) is 134 cm³/mol. The maximum Gasteiger partial charge on any atom is 0.327 e. The van der Waals surface area contributed by atoms with Crippen LogP contribution in [-0.4, -0.2) is 49.8 Å². The zero-order valence-electron chi connectivity index (χ0n) is 21.0. The zero-order valence-corrected chi connectivity index (χ0v) is 21.0. The van der Waals surface area contributed by atoms with Crippen molar-refractivity contribution in [2.75, 3.05) is 13.7 Å². The number of nitrogens with zero attached hydrogens (tertiary/aromatic N) is 5. The third kappa shape index (κ3) is 6.18. The van der Waals surface area contributed by atoms with Gasteiger partial charge in [-0.15, -0.1) is 5.10 Å². The fourth-order valence-electron chi connectivity index (χ4n) is 4.29. The third-order valence-electron chi connectivity index (χ3n) is 6.07. The highest BCUT2D eigenvalue weighted by molar-refractivity contribution is 5.80. The minimum Gasteiger partial charge on any atom is -0.497 e. The Balaban J connectivity index is 1.71. The summed E-state index contributed by atoms with van der Waals surface area (Å²) in [6.07, 6.45) is 0.590. The van der Waals surface area contributed by atoms with Gasteiger partial charge in [0.05, 0.1) is 25.3 Å². The number of methoxy groups -OCH3 is 1. The summed E-state index contributed by atoms with van der Waals surface area (Å²) in [6, 6.07) is 13.2. The fraction of sp³-hybridized carbons (Fsp3) is 0.346. The van der Waals surface area contributed by atoms with E-state index in [1.165, 1.54) is 16.8 Å². The highest BCUT2D eigenvalue weighted by Crippen LogP contribution is 2.27. The molecule has 2 aromatic heterocycles. The van der Waals surface area contributed by atoms with Crippen molar-refractivity contribution in [1.29, 1.82) is 0 Å². The Bertz CT molecular complexity index is 1420. The summed E-state index contributed by atoms with van der Waals surface area (Å²) >= 11 is 0. The molecule has 4 rings (SSSR count). The molecule has 1 N–H and O–H groups in total. The summed E-state index contributed by atoms with van der Waals surface area (Å²) < 4.78 is 25.3. The Morgan fingerprint density at radius 2 is 1.92 bits per heavy atom. The van der Waals surface area contributed by atoms with E-state index in [4.69, 9.17) is 9.47 Å². The minimum atomic E-state index is -0.447. The number of nitrogens with one attached hydrogen (secondary N) is 1. The molecular weight excluding hydrogens is 479 g/mol. The van der Waals surface area contributed by atoms with Crippen molar-refractivity contribution >= 4 is 16.9 Å². The highest BCUT2D eigenvalue weighted by atomic mass is 19.1. The van der Waals surface area contributed by atoms with Crippen molar-refractivity contribution in [1.82, 2.24) is 30.1 Å². The monoisotopic (exact) mass is 508 g/mol. The van der Waals surface area contributed by atoms with Crippen LogP contribution in [0, 0.1) is 5.82 Å². The third-order valence-corrected chi connectivity index (χ3v) is 6.07. The van der Waals surface area contributed by atoms with Gasteiger partial charge in [-0.2, -0.15) is 0 Å². The van der Waals surface area contributed by atoms with E-state index in [2.05, 4.69) is 20.5 Å². The first kappa shape index (κ1) is 26.0. The molecule has 0 aliphatic rings.